The molecule has 1 aromatic heterocycles. The second-order valence-corrected chi connectivity index (χ2v) is 6.68. The van der Waals surface area contributed by atoms with Crippen molar-refractivity contribution in [1.29, 1.82) is 0 Å². The summed E-state index contributed by atoms with van der Waals surface area (Å²) in [5, 5.41) is 2.11. The van der Waals surface area contributed by atoms with Gasteiger partial charge in [-0.05, 0) is 37.3 Å². The minimum absolute atomic E-state index is 0.499. The predicted molar refractivity (Wildman–Crippen MR) is 93.1 cm³/mol. The van der Waals surface area contributed by atoms with Gasteiger partial charge in [0.25, 0.3) is 0 Å². The zero-order chi connectivity index (χ0) is 15.5. The van der Waals surface area contributed by atoms with Gasteiger partial charge in [0.1, 0.15) is 17.4 Å². The van der Waals surface area contributed by atoms with Crippen molar-refractivity contribution in [3.63, 3.8) is 0 Å². The minimum Gasteiger partial charge on any atom is -0.488 e. The Kier molecular flexibility index (Phi) is 4.67. The summed E-state index contributed by atoms with van der Waals surface area (Å²) in [7, 11) is 0. The third kappa shape index (κ3) is 3.43. The molecule has 0 saturated heterocycles. The molecule has 2 aromatic carbocycles. The van der Waals surface area contributed by atoms with Crippen molar-refractivity contribution in [3.8, 4) is 16.3 Å². The van der Waals surface area contributed by atoms with Crippen molar-refractivity contribution in [2.24, 2.45) is 0 Å². The SMILES string of the molecule is Cc1nc(-c2ccc(Cl)cc2Cl)sc1COc1ccccc1. The van der Waals surface area contributed by atoms with Crippen LogP contribution in [0.15, 0.2) is 48.5 Å². The van der Waals surface area contributed by atoms with Crippen molar-refractivity contribution in [2.75, 3.05) is 0 Å². The normalized spacial score (nSPS) is 10.7. The van der Waals surface area contributed by atoms with E-state index in [2.05, 4.69) is 4.98 Å². The van der Waals surface area contributed by atoms with Gasteiger partial charge in [0.15, 0.2) is 0 Å². The molecule has 0 aliphatic rings. The van der Waals surface area contributed by atoms with E-state index in [-0.39, 0.29) is 0 Å². The Morgan fingerprint density at radius 3 is 2.59 bits per heavy atom. The van der Waals surface area contributed by atoms with Crippen LogP contribution in [-0.4, -0.2) is 4.98 Å². The number of halogens is 2. The number of thiazole rings is 1. The van der Waals surface area contributed by atoms with E-state index in [1.807, 2.05) is 49.4 Å². The number of para-hydroxylation sites is 1. The van der Waals surface area contributed by atoms with Crippen LogP contribution in [0, 0.1) is 6.92 Å². The van der Waals surface area contributed by atoms with Gasteiger partial charge in [-0.3, -0.25) is 0 Å². The predicted octanol–water partition coefficient (Wildman–Crippen LogP) is 6.00. The summed E-state index contributed by atoms with van der Waals surface area (Å²) < 4.78 is 5.79. The highest BCUT2D eigenvalue weighted by atomic mass is 35.5. The first-order valence-corrected chi connectivity index (χ1v) is 8.30. The molecule has 0 amide bonds. The van der Waals surface area contributed by atoms with Gasteiger partial charge >= 0.3 is 0 Å². The Morgan fingerprint density at radius 1 is 1.09 bits per heavy atom. The lowest BCUT2D eigenvalue weighted by Crippen LogP contribution is -1.94. The first-order valence-electron chi connectivity index (χ1n) is 6.73. The maximum Gasteiger partial charge on any atom is 0.125 e. The molecule has 0 N–H and O–H groups in total. The number of benzene rings is 2. The van der Waals surface area contributed by atoms with Crippen molar-refractivity contribution in [1.82, 2.24) is 4.98 Å². The van der Waals surface area contributed by atoms with Crippen LogP contribution in [0.25, 0.3) is 10.6 Å². The number of aryl methyl sites for hydroxylation is 1. The molecule has 0 bridgehead atoms. The van der Waals surface area contributed by atoms with Crippen LogP contribution in [0.2, 0.25) is 10.0 Å². The fourth-order valence-corrected chi connectivity index (χ4v) is 3.57. The molecular formula is C17H13Cl2NOS. The summed E-state index contributed by atoms with van der Waals surface area (Å²) in [6, 6.07) is 15.2. The fourth-order valence-electron chi connectivity index (χ4n) is 2.01. The molecule has 0 atom stereocenters. The van der Waals surface area contributed by atoms with Crippen LogP contribution in [0.1, 0.15) is 10.6 Å². The van der Waals surface area contributed by atoms with Crippen LogP contribution in [-0.2, 0) is 6.61 Å². The molecule has 22 heavy (non-hydrogen) atoms. The molecule has 0 saturated carbocycles. The van der Waals surface area contributed by atoms with Gasteiger partial charge < -0.3 is 4.74 Å². The molecule has 2 nitrogen and oxygen atoms in total. The average Bonchev–Trinajstić information content (AvgIpc) is 2.87. The van der Waals surface area contributed by atoms with E-state index in [0.717, 1.165) is 26.9 Å². The highest BCUT2D eigenvalue weighted by Crippen LogP contribution is 2.34. The van der Waals surface area contributed by atoms with E-state index in [4.69, 9.17) is 27.9 Å². The van der Waals surface area contributed by atoms with E-state index in [1.165, 1.54) is 0 Å². The van der Waals surface area contributed by atoms with Crippen molar-refractivity contribution in [2.45, 2.75) is 13.5 Å². The second kappa shape index (κ2) is 6.69. The monoisotopic (exact) mass is 349 g/mol. The van der Waals surface area contributed by atoms with E-state index < -0.39 is 0 Å². The number of aromatic nitrogens is 1. The van der Waals surface area contributed by atoms with Gasteiger partial charge in [0.05, 0.1) is 15.6 Å². The number of rotatable bonds is 4. The zero-order valence-corrected chi connectivity index (χ0v) is 14.2. The van der Waals surface area contributed by atoms with Gasteiger partial charge in [-0.25, -0.2) is 4.98 Å². The van der Waals surface area contributed by atoms with Crippen LogP contribution in [0.4, 0.5) is 0 Å². The van der Waals surface area contributed by atoms with Crippen LogP contribution in [0.3, 0.4) is 0 Å². The molecule has 0 radical (unpaired) electrons. The molecule has 0 aliphatic carbocycles. The lowest BCUT2D eigenvalue weighted by Gasteiger charge is -2.04. The second-order valence-electron chi connectivity index (χ2n) is 4.75. The Morgan fingerprint density at radius 2 is 1.86 bits per heavy atom. The largest absolute Gasteiger partial charge is 0.488 e. The Labute approximate surface area is 143 Å². The summed E-state index contributed by atoms with van der Waals surface area (Å²) in [6.45, 7) is 2.48. The molecular weight excluding hydrogens is 337 g/mol. The first-order chi connectivity index (χ1) is 10.6. The molecule has 5 heteroatoms. The van der Waals surface area contributed by atoms with Crippen LogP contribution >= 0.6 is 34.5 Å². The third-order valence-corrected chi connectivity index (χ3v) is 4.88. The van der Waals surface area contributed by atoms with Gasteiger partial charge in [-0.1, -0.05) is 41.4 Å². The first kappa shape index (κ1) is 15.3. The maximum absolute atomic E-state index is 6.25. The Balaban J connectivity index is 1.81. The summed E-state index contributed by atoms with van der Waals surface area (Å²) in [6.07, 6.45) is 0. The highest BCUT2D eigenvalue weighted by molar-refractivity contribution is 7.15. The van der Waals surface area contributed by atoms with Crippen LogP contribution < -0.4 is 4.74 Å². The standard InChI is InChI=1S/C17H13Cl2NOS/c1-11-16(10-21-13-5-3-2-4-6-13)22-17(20-11)14-8-7-12(18)9-15(14)19/h2-9H,10H2,1H3. The summed E-state index contributed by atoms with van der Waals surface area (Å²) in [5.74, 6) is 0.848. The van der Waals surface area contributed by atoms with Crippen molar-refractivity contribution >= 4 is 34.5 Å². The number of hydrogen-bond acceptors (Lipinski definition) is 3. The Bertz CT molecular complexity index is 787. The van der Waals surface area contributed by atoms with E-state index in [1.54, 1.807) is 17.4 Å². The van der Waals surface area contributed by atoms with Crippen LogP contribution in [0.5, 0.6) is 5.75 Å². The zero-order valence-electron chi connectivity index (χ0n) is 11.8. The summed E-state index contributed by atoms with van der Waals surface area (Å²) in [4.78, 5) is 5.68. The molecule has 0 fully saturated rings. The van der Waals surface area contributed by atoms with Gasteiger partial charge in [-0.2, -0.15) is 0 Å². The molecule has 3 rings (SSSR count). The fraction of sp³-hybridized carbons (Fsp3) is 0.118. The number of hydrogen-bond donors (Lipinski definition) is 0. The number of nitrogens with zero attached hydrogens (tertiary/aromatic N) is 1. The van der Waals surface area contributed by atoms with E-state index >= 15 is 0 Å². The maximum atomic E-state index is 6.25. The molecule has 0 unspecified atom stereocenters. The minimum atomic E-state index is 0.499. The lowest BCUT2D eigenvalue weighted by molar-refractivity contribution is 0.309. The van der Waals surface area contributed by atoms with Crippen molar-refractivity contribution < 1.29 is 4.74 Å². The topological polar surface area (TPSA) is 22.1 Å². The highest BCUT2D eigenvalue weighted by Gasteiger charge is 2.13. The van der Waals surface area contributed by atoms with Gasteiger partial charge in [0, 0.05) is 10.6 Å². The number of ether oxygens (including phenoxy) is 1. The van der Waals surface area contributed by atoms with Gasteiger partial charge in [-0.15, -0.1) is 11.3 Å². The lowest BCUT2D eigenvalue weighted by atomic mass is 10.2. The van der Waals surface area contributed by atoms with Crippen molar-refractivity contribution in [3.05, 3.63) is 69.1 Å². The summed E-state index contributed by atoms with van der Waals surface area (Å²) >= 11 is 13.8. The average molecular weight is 350 g/mol. The molecule has 112 valence electrons. The molecule has 3 aromatic rings. The van der Waals surface area contributed by atoms with E-state index in [0.29, 0.717) is 16.7 Å². The smallest absolute Gasteiger partial charge is 0.125 e. The molecule has 1 heterocycles. The molecule has 0 aliphatic heterocycles. The molecule has 0 spiro atoms. The van der Waals surface area contributed by atoms with Gasteiger partial charge in [0.2, 0.25) is 0 Å². The quantitative estimate of drug-likeness (QED) is 0.575. The third-order valence-electron chi connectivity index (χ3n) is 3.17. The Hall–Kier alpha value is -1.55. The van der Waals surface area contributed by atoms with E-state index in [9.17, 15) is 0 Å². The summed E-state index contributed by atoms with van der Waals surface area (Å²) in [5.41, 5.74) is 1.85.